The molecular formula is C11H16N6O. The molecule has 0 aliphatic carbocycles. The number of H-pyrrole nitrogens is 2. The van der Waals surface area contributed by atoms with Gasteiger partial charge in [-0.05, 0) is 19.9 Å². The summed E-state index contributed by atoms with van der Waals surface area (Å²) in [5, 5.41) is 16.1. The predicted molar refractivity (Wildman–Crippen MR) is 67.0 cm³/mol. The number of nitrogens with two attached hydrogens (primary N) is 1. The molecule has 0 unspecified atom stereocenters. The lowest BCUT2D eigenvalue weighted by Crippen LogP contribution is -2.34. The van der Waals surface area contributed by atoms with Crippen molar-refractivity contribution in [3.8, 4) is 0 Å². The lowest BCUT2D eigenvalue weighted by molar-refractivity contribution is 0.0935. The highest BCUT2D eigenvalue weighted by atomic mass is 16.2. The number of nitrogens with zero attached hydrogens (tertiary/aromatic N) is 2. The second-order valence-electron chi connectivity index (χ2n) is 4.33. The molecule has 5 N–H and O–H groups in total. The predicted octanol–water partition coefficient (Wildman–Crippen LogP) is 0.384. The standard InChI is InChI=1S/C11H16N6O/c1-6(3-8-4-7(2)14-15-8)13-11(18)9-5-10(12)17-16-9/h4-6H,3H2,1-2H3,(H,13,18)(H,14,15)(H3,12,16,17)/t6-/m0/s1. The van der Waals surface area contributed by atoms with Crippen molar-refractivity contribution >= 4 is 11.7 Å². The van der Waals surface area contributed by atoms with Crippen molar-refractivity contribution in [3.05, 3.63) is 29.2 Å². The molecular weight excluding hydrogens is 232 g/mol. The number of carbonyl (C=O) groups is 1. The average molecular weight is 248 g/mol. The maximum atomic E-state index is 11.8. The van der Waals surface area contributed by atoms with Crippen molar-refractivity contribution in [3.63, 3.8) is 0 Å². The quantitative estimate of drug-likeness (QED) is 0.626. The topological polar surface area (TPSA) is 112 Å². The van der Waals surface area contributed by atoms with Gasteiger partial charge in [-0.3, -0.25) is 15.0 Å². The van der Waals surface area contributed by atoms with Crippen LogP contribution >= 0.6 is 0 Å². The number of hydrogen-bond acceptors (Lipinski definition) is 4. The van der Waals surface area contributed by atoms with Crippen LogP contribution in [0.1, 0.15) is 28.8 Å². The molecule has 2 aromatic heterocycles. The molecule has 0 spiro atoms. The van der Waals surface area contributed by atoms with E-state index >= 15 is 0 Å². The van der Waals surface area contributed by atoms with Gasteiger partial charge in [0, 0.05) is 24.2 Å². The van der Waals surface area contributed by atoms with Crippen LogP contribution in [0.2, 0.25) is 0 Å². The van der Waals surface area contributed by atoms with Crippen molar-refractivity contribution < 1.29 is 4.79 Å². The molecule has 0 saturated heterocycles. The lowest BCUT2D eigenvalue weighted by Gasteiger charge is -2.11. The van der Waals surface area contributed by atoms with Crippen molar-refractivity contribution in [1.29, 1.82) is 0 Å². The van der Waals surface area contributed by atoms with Crippen LogP contribution in [0.25, 0.3) is 0 Å². The van der Waals surface area contributed by atoms with Gasteiger partial charge in [-0.2, -0.15) is 10.2 Å². The van der Waals surface area contributed by atoms with Gasteiger partial charge >= 0.3 is 0 Å². The maximum absolute atomic E-state index is 11.8. The summed E-state index contributed by atoms with van der Waals surface area (Å²) < 4.78 is 0. The normalized spacial score (nSPS) is 12.3. The van der Waals surface area contributed by atoms with Crippen LogP contribution in [0.5, 0.6) is 0 Å². The first-order valence-corrected chi connectivity index (χ1v) is 5.67. The van der Waals surface area contributed by atoms with E-state index in [1.807, 2.05) is 19.9 Å². The van der Waals surface area contributed by atoms with Crippen molar-refractivity contribution in [2.75, 3.05) is 5.73 Å². The van der Waals surface area contributed by atoms with Crippen LogP contribution < -0.4 is 11.1 Å². The first-order valence-electron chi connectivity index (χ1n) is 5.67. The molecule has 7 nitrogen and oxygen atoms in total. The molecule has 1 atom stereocenters. The van der Waals surface area contributed by atoms with Gasteiger partial charge in [0.05, 0.1) is 5.69 Å². The van der Waals surface area contributed by atoms with Gasteiger partial charge in [-0.1, -0.05) is 0 Å². The highest BCUT2D eigenvalue weighted by Crippen LogP contribution is 2.04. The Kier molecular flexibility index (Phi) is 3.31. The van der Waals surface area contributed by atoms with E-state index in [0.717, 1.165) is 11.4 Å². The van der Waals surface area contributed by atoms with Crippen LogP contribution in [0.15, 0.2) is 12.1 Å². The smallest absolute Gasteiger partial charge is 0.269 e. The zero-order chi connectivity index (χ0) is 13.1. The molecule has 0 bridgehead atoms. The van der Waals surface area contributed by atoms with Gasteiger partial charge in [-0.25, -0.2) is 0 Å². The molecule has 2 heterocycles. The van der Waals surface area contributed by atoms with Crippen LogP contribution in [0.3, 0.4) is 0 Å². The minimum atomic E-state index is -0.223. The maximum Gasteiger partial charge on any atom is 0.269 e. The van der Waals surface area contributed by atoms with E-state index < -0.39 is 0 Å². The third kappa shape index (κ3) is 2.88. The number of amides is 1. The molecule has 0 fully saturated rings. The molecule has 0 aromatic carbocycles. The molecule has 0 radical (unpaired) electrons. The second kappa shape index (κ2) is 4.91. The van der Waals surface area contributed by atoms with E-state index in [2.05, 4.69) is 25.7 Å². The number of nitrogens with one attached hydrogen (secondary N) is 3. The molecule has 7 heteroatoms. The van der Waals surface area contributed by atoms with Gasteiger partial charge in [0.25, 0.3) is 5.91 Å². The van der Waals surface area contributed by atoms with Crippen molar-refractivity contribution in [1.82, 2.24) is 25.7 Å². The van der Waals surface area contributed by atoms with E-state index in [0.29, 0.717) is 17.9 Å². The van der Waals surface area contributed by atoms with Crippen LogP contribution in [-0.4, -0.2) is 32.3 Å². The number of hydrogen-bond donors (Lipinski definition) is 4. The number of rotatable bonds is 4. The van der Waals surface area contributed by atoms with E-state index in [1.54, 1.807) is 0 Å². The van der Waals surface area contributed by atoms with E-state index in [9.17, 15) is 4.79 Å². The Morgan fingerprint density at radius 3 is 2.78 bits per heavy atom. The molecule has 96 valence electrons. The average Bonchev–Trinajstić information content (AvgIpc) is 2.87. The summed E-state index contributed by atoms with van der Waals surface area (Å²) in [7, 11) is 0. The fourth-order valence-electron chi connectivity index (χ4n) is 1.70. The van der Waals surface area contributed by atoms with Crippen LogP contribution in [0.4, 0.5) is 5.82 Å². The SMILES string of the molecule is Cc1cc(C[C@H](C)NC(=O)c2cc(N)n[nH]2)n[nH]1. The largest absolute Gasteiger partial charge is 0.382 e. The third-order valence-corrected chi connectivity index (χ3v) is 2.49. The van der Waals surface area contributed by atoms with Gasteiger partial charge in [0.15, 0.2) is 0 Å². The van der Waals surface area contributed by atoms with Crippen LogP contribution in [0, 0.1) is 6.92 Å². The van der Waals surface area contributed by atoms with E-state index in [-0.39, 0.29) is 11.9 Å². The summed E-state index contributed by atoms with van der Waals surface area (Å²) in [6.45, 7) is 3.86. The number of aryl methyl sites for hydroxylation is 1. The van der Waals surface area contributed by atoms with Gasteiger partial charge in [0.1, 0.15) is 11.5 Å². The second-order valence-corrected chi connectivity index (χ2v) is 4.33. The molecule has 2 rings (SSSR count). The number of anilines is 1. The van der Waals surface area contributed by atoms with Crippen LogP contribution in [-0.2, 0) is 6.42 Å². The zero-order valence-electron chi connectivity index (χ0n) is 10.3. The molecule has 0 saturated carbocycles. The monoisotopic (exact) mass is 248 g/mol. The summed E-state index contributed by atoms with van der Waals surface area (Å²) in [6.07, 6.45) is 0.666. The first kappa shape index (κ1) is 12.2. The van der Waals surface area contributed by atoms with Crippen molar-refractivity contribution in [2.24, 2.45) is 0 Å². The Morgan fingerprint density at radius 1 is 1.44 bits per heavy atom. The third-order valence-electron chi connectivity index (χ3n) is 2.49. The Morgan fingerprint density at radius 2 is 2.22 bits per heavy atom. The molecule has 1 amide bonds. The molecule has 2 aromatic rings. The zero-order valence-corrected chi connectivity index (χ0v) is 10.3. The Balaban J connectivity index is 1.91. The fourth-order valence-corrected chi connectivity index (χ4v) is 1.70. The summed E-state index contributed by atoms with van der Waals surface area (Å²) in [6, 6.07) is 3.43. The lowest BCUT2D eigenvalue weighted by atomic mass is 10.1. The Labute approximate surface area is 104 Å². The summed E-state index contributed by atoms with van der Waals surface area (Å²) in [4.78, 5) is 11.8. The van der Waals surface area contributed by atoms with Gasteiger partial charge in [-0.15, -0.1) is 0 Å². The van der Waals surface area contributed by atoms with E-state index in [4.69, 9.17) is 5.73 Å². The number of aromatic amines is 2. The fraction of sp³-hybridized carbons (Fsp3) is 0.364. The number of aromatic nitrogens is 4. The van der Waals surface area contributed by atoms with Gasteiger partial charge < -0.3 is 11.1 Å². The minimum absolute atomic E-state index is 0.0234. The Bertz CT molecular complexity index is 543. The molecule has 0 aliphatic rings. The summed E-state index contributed by atoms with van der Waals surface area (Å²) in [5.74, 6) is 0.0784. The van der Waals surface area contributed by atoms with Gasteiger partial charge in [0.2, 0.25) is 0 Å². The van der Waals surface area contributed by atoms with E-state index in [1.165, 1.54) is 6.07 Å². The number of carbonyl (C=O) groups excluding carboxylic acids is 1. The highest BCUT2D eigenvalue weighted by molar-refractivity contribution is 5.93. The summed E-state index contributed by atoms with van der Waals surface area (Å²) in [5.41, 5.74) is 7.72. The minimum Gasteiger partial charge on any atom is -0.382 e. The first-order chi connectivity index (χ1) is 8.54. The highest BCUT2D eigenvalue weighted by Gasteiger charge is 2.13. The number of nitrogen functional groups attached to an aromatic ring is 1. The Hall–Kier alpha value is -2.31. The molecule has 0 aliphatic heterocycles. The van der Waals surface area contributed by atoms with Crippen molar-refractivity contribution in [2.45, 2.75) is 26.3 Å². The summed E-state index contributed by atoms with van der Waals surface area (Å²) >= 11 is 0. The molecule has 18 heavy (non-hydrogen) atoms.